The van der Waals surface area contributed by atoms with Crippen molar-refractivity contribution in [3.63, 3.8) is 0 Å². The minimum absolute atomic E-state index is 0.126. The minimum Gasteiger partial charge on any atom is -0.462 e. The number of carbonyl (C=O) groups is 3. The number of fused-ring (bicyclic) bond motifs is 6. The van der Waals surface area contributed by atoms with Crippen LogP contribution >= 0.6 is 11.3 Å². The van der Waals surface area contributed by atoms with Gasteiger partial charge in [-0.3, -0.25) is 9.59 Å². The van der Waals surface area contributed by atoms with Crippen LogP contribution in [-0.2, 0) is 27.2 Å². The highest BCUT2D eigenvalue weighted by Gasteiger charge is 2.60. The van der Waals surface area contributed by atoms with E-state index in [1.165, 1.54) is 16.2 Å². The number of carbonyl (C=O) groups excluding carboxylic acids is 3. The topological polar surface area (TPSA) is 63.7 Å². The van der Waals surface area contributed by atoms with Gasteiger partial charge in [-0.15, -0.1) is 11.3 Å². The molecular formula is C21H23NO4S. The molecule has 2 fully saturated rings. The van der Waals surface area contributed by atoms with Crippen LogP contribution in [0.1, 0.15) is 47.5 Å². The van der Waals surface area contributed by atoms with E-state index in [1.807, 2.05) is 0 Å². The van der Waals surface area contributed by atoms with Gasteiger partial charge < -0.3 is 4.74 Å². The summed E-state index contributed by atoms with van der Waals surface area (Å²) in [6, 6.07) is 0. The fraction of sp³-hybridized carbons (Fsp3) is 0.571. The van der Waals surface area contributed by atoms with Crippen molar-refractivity contribution in [3.05, 3.63) is 28.2 Å². The monoisotopic (exact) mass is 385 g/mol. The van der Waals surface area contributed by atoms with Crippen LogP contribution in [0.15, 0.2) is 12.2 Å². The first-order chi connectivity index (χ1) is 13.0. The Morgan fingerprint density at radius 3 is 2.52 bits per heavy atom. The molecule has 27 heavy (non-hydrogen) atoms. The van der Waals surface area contributed by atoms with Crippen molar-refractivity contribution in [2.45, 2.75) is 39.5 Å². The van der Waals surface area contributed by atoms with Crippen LogP contribution in [0.25, 0.3) is 0 Å². The number of allylic oxidation sites excluding steroid dienone is 2. The number of rotatable bonds is 3. The van der Waals surface area contributed by atoms with Gasteiger partial charge in [-0.25, -0.2) is 9.69 Å². The number of hydrogen-bond acceptors (Lipinski definition) is 5. The van der Waals surface area contributed by atoms with E-state index in [1.54, 1.807) is 6.92 Å². The Kier molecular flexibility index (Phi) is 3.83. The Hall–Kier alpha value is -1.95. The molecule has 0 radical (unpaired) electrons. The van der Waals surface area contributed by atoms with E-state index in [0.29, 0.717) is 16.5 Å². The molecule has 1 aliphatic heterocycles. The number of esters is 1. The van der Waals surface area contributed by atoms with Crippen molar-refractivity contribution >= 4 is 34.1 Å². The molecule has 0 aromatic carbocycles. The van der Waals surface area contributed by atoms with Gasteiger partial charge in [0.05, 0.1) is 24.0 Å². The molecule has 142 valence electrons. The third-order valence-electron chi connectivity index (χ3n) is 6.65. The molecule has 2 amide bonds. The normalized spacial score (nSPS) is 33.6. The predicted octanol–water partition coefficient (Wildman–Crippen LogP) is 3.36. The SMILES string of the molecule is CCOC(=O)c1c(N2C(=O)[C@@H]3[C@H](C2=O)[C@@H]2C=C[C@@H]3C2)sc2c1CC[C@@H](C)C2. The Labute approximate surface area is 162 Å². The van der Waals surface area contributed by atoms with Gasteiger partial charge in [0.25, 0.3) is 0 Å². The van der Waals surface area contributed by atoms with Crippen molar-refractivity contribution in [1.82, 2.24) is 0 Å². The summed E-state index contributed by atoms with van der Waals surface area (Å²) < 4.78 is 5.30. The van der Waals surface area contributed by atoms with Gasteiger partial charge >= 0.3 is 5.97 Å². The van der Waals surface area contributed by atoms with Crippen LogP contribution in [0, 0.1) is 29.6 Å². The molecule has 0 N–H and O–H groups in total. The average Bonchev–Trinajstić information content (AvgIpc) is 3.36. The van der Waals surface area contributed by atoms with E-state index >= 15 is 0 Å². The summed E-state index contributed by atoms with van der Waals surface area (Å²) in [5.41, 5.74) is 1.45. The molecule has 5 atom stereocenters. The van der Waals surface area contributed by atoms with E-state index in [4.69, 9.17) is 4.74 Å². The second-order valence-corrected chi connectivity index (χ2v) is 9.35. The predicted molar refractivity (Wildman–Crippen MR) is 102 cm³/mol. The molecule has 1 aromatic rings. The van der Waals surface area contributed by atoms with Gasteiger partial charge in [0, 0.05) is 4.88 Å². The van der Waals surface area contributed by atoms with Crippen molar-refractivity contribution in [1.29, 1.82) is 0 Å². The third kappa shape index (κ3) is 2.32. The lowest BCUT2D eigenvalue weighted by molar-refractivity contribution is -0.123. The maximum Gasteiger partial charge on any atom is 0.341 e. The maximum absolute atomic E-state index is 13.2. The molecule has 5 nitrogen and oxygen atoms in total. The zero-order valence-electron chi connectivity index (χ0n) is 15.6. The van der Waals surface area contributed by atoms with E-state index < -0.39 is 5.97 Å². The second-order valence-electron chi connectivity index (χ2n) is 8.26. The van der Waals surface area contributed by atoms with Crippen LogP contribution < -0.4 is 4.90 Å². The molecule has 0 spiro atoms. The highest BCUT2D eigenvalue weighted by molar-refractivity contribution is 7.17. The quantitative estimate of drug-likeness (QED) is 0.455. The lowest BCUT2D eigenvalue weighted by atomic mass is 9.85. The van der Waals surface area contributed by atoms with Crippen LogP contribution in [0.4, 0.5) is 5.00 Å². The number of anilines is 1. The summed E-state index contributed by atoms with van der Waals surface area (Å²) in [4.78, 5) is 41.7. The van der Waals surface area contributed by atoms with Crippen LogP contribution in [0.2, 0.25) is 0 Å². The molecule has 0 unspecified atom stereocenters. The first kappa shape index (κ1) is 17.2. The number of ether oxygens (including phenoxy) is 1. The van der Waals surface area contributed by atoms with E-state index in [2.05, 4.69) is 19.1 Å². The molecule has 2 heterocycles. The largest absolute Gasteiger partial charge is 0.462 e. The summed E-state index contributed by atoms with van der Waals surface area (Å²) in [7, 11) is 0. The van der Waals surface area contributed by atoms with Crippen molar-refractivity contribution in [2.75, 3.05) is 11.5 Å². The highest BCUT2D eigenvalue weighted by Crippen LogP contribution is 2.55. The Morgan fingerprint density at radius 1 is 1.22 bits per heavy atom. The Morgan fingerprint density at radius 2 is 1.89 bits per heavy atom. The molecular weight excluding hydrogens is 362 g/mol. The highest BCUT2D eigenvalue weighted by atomic mass is 32.1. The summed E-state index contributed by atoms with van der Waals surface area (Å²) in [5, 5.41) is 0.511. The third-order valence-corrected chi connectivity index (χ3v) is 7.89. The second kappa shape index (κ2) is 6.03. The number of hydrogen-bond donors (Lipinski definition) is 0. The van der Waals surface area contributed by atoms with Crippen molar-refractivity contribution < 1.29 is 19.1 Å². The molecule has 1 saturated carbocycles. The fourth-order valence-electron chi connectivity index (χ4n) is 5.41. The standard InChI is InChI=1S/C21H23NO4S/c1-3-26-21(25)17-13-7-4-10(2)8-14(13)27-20(17)22-18(23)15-11-5-6-12(9-11)16(15)19(22)24/h5-6,10-12,15-16H,3-4,7-9H2,1-2H3/t10-,11-,12-,15-,16+/m1/s1. The van der Waals surface area contributed by atoms with Gasteiger partial charge in [-0.2, -0.15) is 0 Å². The number of thiophene rings is 1. The van der Waals surface area contributed by atoms with Crippen LogP contribution in [0.5, 0.6) is 0 Å². The summed E-state index contributed by atoms with van der Waals surface area (Å²) in [6.45, 7) is 4.26. The molecule has 4 aliphatic rings. The van der Waals surface area contributed by atoms with Crippen LogP contribution in [0.3, 0.4) is 0 Å². The summed E-state index contributed by atoms with van der Waals surface area (Å²) in [6.07, 6.45) is 7.79. The molecule has 5 rings (SSSR count). The Balaban J connectivity index is 1.60. The number of nitrogens with zero attached hydrogens (tertiary/aromatic N) is 1. The summed E-state index contributed by atoms with van der Waals surface area (Å²) in [5.74, 6) is -0.273. The van der Waals surface area contributed by atoms with E-state index in [9.17, 15) is 14.4 Å². The number of amides is 2. The Bertz CT molecular complexity index is 855. The first-order valence-electron chi connectivity index (χ1n) is 9.89. The number of imide groups is 1. The van der Waals surface area contributed by atoms with Crippen molar-refractivity contribution in [2.24, 2.45) is 29.6 Å². The molecule has 3 aliphatic carbocycles. The van der Waals surface area contributed by atoms with Gasteiger partial charge in [0.2, 0.25) is 11.8 Å². The van der Waals surface area contributed by atoms with Crippen molar-refractivity contribution in [3.8, 4) is 0 Å². The lowest BCUT2D eigenvalue weighted by Gasteiger charge is -2.19. The first-order valence-corrected chi connectivity index (χ1v) is 10.7. The van der Waals surface area contributed by atoms with Gasteiger partial charge in [-0.05, 0) is 55.9 Å². The van der Waals surface area contributed by atoms with Crippen LogP contribution in [-0.4, -0.2) is 24.4 Å². The zero-order valence-corrected chi connectivity index (χ0v) is 16.4. The smallest absolute Gasteiger partial charge is 0.341 e. The fourth-order valence-corrected chi connectivity index (χ4v) is 6.92. The maximum atomic E-state index is 13.2. The average molecular weight is 385 g/mol. The molecule has 6 heteroatoms. The van der Waals surface area contributed by atoms with Gasteiger partial charge in [-0.1, -0.05) is 19.1 Å². The zero-order chi connectivity index (χ0) is 18.9. The van der Waals surface area contributed by atoms with Gasteiger partial charge in [0.1, 0.15) is 5.00 Å². The van der Waals surface area contributed by atoms with E-state index in [-0.39, 0.29) is 42.1 Å². The van der Waals surface area contributed by atoms with Gasteiger partial charge in [0.15, 0.2) is 0 Å². The lowest BCUT2D eigenvalue weighted by Crippen LogP contribution is -2.33. The van der Waals surface area contributed by atoms with E-state index in [0.717, 1.165) is 36.1 Å². The summed E-state index contributed by atoms with van der Waals surface area (Å²) >= 11 is 1.45. The molecule has 2 bridgehead atoms. The molecule has 1 aromatic heterocycles. The molecule has 1 saturated heterocycles. The minimum atomic E-state index is -0.404.